The second kappa shape index (κ2) is 6.08. The summed E-state index contributed by atoms with van der Waals surface area (Å²) in [7, 11) is -5.80. The molecule has 1 aromatic rings. The summed E-state index contributed by atoms with van der Waals surface area (Å²) >= 11 is 0. The smallest absolute Gasteiger partial charge is 0.246 e. The van der Waals surface area contributed by atoms with E-state index in [-0.39, 0.29) is 29.6 Å². The minimum absolute atomic E-state index is 0.118. The first-order valence-electron chi connectivity index (χ1n) is 5.87. The molecule has 0 fully saturated rings. The van der Waals surface area contributed by atoms with Crippen molar-refractivity contribution >= 4 is 25.9 Å². The van der Waals surface area contributed by atoms with Crippen molar-refractivity contribution in [2.45, 2.75) is 18.7 Å². The zero-order valence-electron chi connectivity index (χ0n) is 11.5. The molecule has 0 radical (unpaired) electrons. The first kappa shape index (κ1) is 16.9. The van der Waals surface area contributed by atoms with E-state index < -0.39 is 20.0 Å². The second-order valence-corrected chi connectivity index (χ2v) is 7.77. The van der Waals surface area contributed by atoms with Crippen molar-refractivity contribution in [2.24, 2.45) is 7.05 Å². The molecule has 0 aromatic carbocycles. The third-order valence-corrected chi connectivity index (χ3v) is 5.70. The lowest BCUT2D eigenvalue weighted by Crippen LogP contribution is -2.34. The maximum Gasteiger partial charge on any atom is 0.246 e. The van der Waals surface area contributed by atoms with Gasteiger partial charge in [-0.2, -0.15) is 5.10 Å². The Kier molecular flexibility index (Phi) is 5.13. The van der Waals surface area contributed by atoms with Crippen LogP contribution in [0.2, 0.25) is 0 Å². The Bertz CT molecular complexity index is 677. The number of nitrogens with zero attached hydrogens (tertiary/aromatic N) is 2. The van der Waals surface area contributed by atoms with E-state index in [0.717, 1.165) is 0 Å². The van der Waals surface area contributed by atoms with Crippen LogP contribution in [0.15, 0.2) is 4.90 Å². The summed E-state index contributed by atoms with van der Waals surface area (Å²) in [4.78, 5) is -0.124. The van der Waals surface area contributed by atoms with E-state index in [1.807, 2.05) is 0 Å². The number of nitrogens with two attached hydrogens (primary N) is 1. The molecule has 11 heteroatoms. The summed E-state index contributed by atoms with van der Waals surface area (Å²) in [6.45, 7) is 3.21. The predicted molar refractivity (Wildman–Crippen MR) is 75.0 cm³/mol. The maximum absolute atomic E-state index is 12.1. The summed E-state index contributed by atoms with van der Waals surface area (Å²) in [6.07, 6.45) is 0. The monoisotopic (exact) mass is 325 g/mol. The molecule has 1 rings (SSSR count). The van der Waals surface area contributed by atoms with Gasteiger partial charge in [0, 0.05) is 20.1 Å². The molecule has 0 saturated heterocycles. The van der Waals surface area contributed by atoms with Crippen LogP contribution in [-0.4, -0.2) is 45.5 Å². The molecule has 0 aliphatic heterocycles. The molecular formula is C9H19N5O4S2. The van der Waals surface area contributed by atoms with E-state index in [4.69, 9.17) is 5.73 Å². The number of anilines is 1. The van der Waals surface area contributed by atoms with Gasteiger partial charge in [-0.15, -0.1) is 0 Å². The van der Waals surface area contributed by atoms with Crippen molar-refractivity contribution < 1.29 is 16.8 Å². The van der Waals surface area contributed by atoms with Crippen LogP contribution in [0.3, 0.4) is 0 Å². The number of nitrogens with one attached hydrogen (secondary N) is 2. The van der Waals surface area contributed by atoms with Crippen LogP contribution < -0.4 is 15.2 Å². The fourth-order valence-electron chi connectivity index (χ4n) is 1.62. The average Bonchev–Trinajstić information content (AvgIpc) is 2.52. The number of aromatic nitrogens is 2. The van der Waals surface area contributed by atoms with Crippen LogP contribution >= 0.6 is 0 Å². The highest BCUT2D eigenvalue weighted by atomic mass is 32.2. The molecule has 0 amide bonds. The first-order valence-corrected chi connectivity index (χ1v) is 9.00. The molecule has 1 heterocycles. The predicted octanol–water partition coefficient (Wildman–Crippen LogP) is -1.47. The maximum atomic E-state index is 12.1. The molecule has 0 unspecified atom stereocenters. The largest absolute Gasteiger partial charge is 0.381 e. The second-order valence-electron chi connectivity index (χ2n) is 4.14. The molecular weight excluding hydrogens is 306 g/mol. The van der Waals surface area contributed by atoms with E-state index >= 15 is 0 Å². The number of sulfonamides is 2. The molecule has 0 aliphatic carbocycles. The fourth-order valence-corrected chi connectivity index (χ4v) is 4.06. The lowest BCUT2D eigenvalue weighted by atomic mass is 10.5. The summed E-state index contributed by atoms with van der Waals surface area (Å²) in [6, 6.07) is 0. The van der Waals surface area contributed by atoms with Gasteiger partial charge < -0.3 is 5.73 Å². The van der Waals surface area contributed by atoms with Crippen molar-refractivity contribution in [3.05, 3.63) is 5.69 Å². The third kappa shape index (κ3) is 3.91. The standard InChI is InChI=1S/C9H19N5O4S2/c1-4-11-19(15,16)6-5-12-20(17,18)8-7(2)14(3)13-9(8)10/h11-12H,4-6H2,1-3H3,(H2,10,13). The van der Waals surface area contributed by atoms with Gasteiger partial charge >= 0.3 is 0 Å². The lowest BCUT2D eigenvalue weighted by Gasteiger charge is -2.07. The topological polar surface area (TPSA) is 136 Å². The van der Waals surface area contributed by atoms with Crippen LogP contribution in [-0.2, 0) is 27.1 Å². The number of nitrogen functional groups attached to an aromatic ring is 1. The highest BCUT2D eigenvalue weighted by Crippen LogP contribution is 2.20. The fraction of sp³-hybridized carbons (Fsp3) is 0.667. The van der Waals surface area contributed by atoms with Gasteiger partial charge in [-0.25, -0.2) is 26.3 Å². The van der Waals surface area contributed by atoms with E-state index in [1.165, 1.54) is 4.68 Å². The lowest BCUT2D eigenvalue weighted by molar-refractivity contribution is 0.576. The van der Waals surface area contributed by atoms with Gasteiger partial charge in [-0.1, -0.05) is 6.92 Å². The van der Waals surface area contributed by atoms with E-state index in [1.54, 1.807) is 20.9 Å². The molecule has 4 N–H and O–H groups in total. The molecule has 20 heavy (non-hydrogen) atoms. The first-order chi connectivity index (χ1) is 9.10. The van der Waals surface area contributed by atoms with Crippen molar-refractivity contribution in [3.63, 3.8) is 0 Å². The summed E-state index contributed by atoms with van der Waals surface area (Å²) in [5.74, 6) is -0.466. The Morgan fingerprint density at radius 1 is 1.25 bits per heavy atom. The van der Waals surface area contributed by atoms with Gasteiger partial charge in [0.25, 0.3) is 0 Å². The van der Waals surface area contributed by atoms with Crippen LogP contribution in [0, 0.1) is 6.92 Å². The van der Waals surface area contributed by atoms with Crippen LogP contribution in [0.25, 0.3) is 0 Å². The van der Waals surface area contributed by atoms with Crippen molar-refractivity contribution in [1.29, 1.82) is 0 Å². The van der Waals surface area contributed by atoms with Crippen LogP contribution in [0.4, 0.5) is 5.82 Å². The van der Waals surface area contributed by atoms with Gasteiger partial charge in [-0.3, -0.25) is 4.68 Å². The van der Waals surface area contributed by atoms with Crippen molar-refractivity contribution in [1.82, 2.24) is 19.2 Å². The highest BCUT2D eigenvalue weighted by molar-refractivity contribution is 7.90. The van der Waals surface area contributed by atoms with Crippen molar-refractivity contribution in [2.75, 3.05) is 24.6 Å². The number of hydrogen-bond donors (Lipinski definition) is 3. The number of rotatable bonds is 7. The van der Waals surface area contributed by atoms with E-state index in [0.29, 0.717) is 5.69 Å². The normalized spacial score (nSPS) is 12.8. The van der Waals surface area contributed by atoms with Crippen LogP contribution in [0.1, 0.15) is 12.6 Å². The Balaban J connectivity index is 2.82. The Morgan fingerprint density at radius 2 is 1.85 bits per heavy atom. The molecule has 1 aromatic heterocycles. The molecule has 9 nitrogen and oxygen atoms in total. The Labute approximate surface area is 118 Å². The zero-order valence-corrected chi connectivity index (χ0v) is 13.2. The van der Waals surface area contributed by atoms with Crippen molar-refractivity contribution in [3.8, 4) is 0 Å². The molecule has 0 spiro atoms. The molecule has 0 saturated carbocycles. The number of hydrogen-bond acceptors (Lipinski definition) is 6. The van der Waals surface area contributed by atoms with Gasteiger partial charge in [0.1, 0.15) is 4.90 Å². The Hall–Kier alpha value is -1.17. The van der Waals surface area contributed by atoms with Gasteiger partial charge in [0.2, 0.25) is 20.0 Å². The Morgan fingerprint density at radius 3 is 2.30 bits per heavy atom. The summed E-state index contributed by atoms with van der Waals surface area (Å²) in [5.41, 5.74) is 5.93. The molecule has 0 bridgehead atoms. The van der Waals surface area contributed by atoms with Gasteiger partial charge in [0.05, 0.1) is 11.4 Å². The van der Waals surface area contributed by atoms with E-state index in [2.05, 4.69) is 14.5 Å². The molecule has 0 atom stereocenters. The minimum atomic E-state index is -3.89. The van der Waals surface area contributed by atoms with E-state index in [9.17, 15) is 16.8 Å². The summed E-state index contributed by atoms with van der Waals surface area (Å²) < 4.78 is 52.8. The van der Waals surface area contributed by atoms with Gasteiger partial charge in [0.15, 0.2) is 5.82 Å². The average molecular weight is 325 g/mol. The molecule has 116 valence electrons. The zero-order chi connectivity index (χ0) is 15.6. The highest BCUT2D eigenvalue weighted by Gasteiger charge is 2.24. The van der Waals surface area contributed by atoms with Crippen LogP contribution in [0.5, 0.6) is 0 Å². The third-order valence-electron chi connectivity index (χ3n) is 2.60. The number of aryl methyl sites for hydroxylation is 1. The summed E-state index contributed by atoms with van der Waals surface area (Å²) in [5, 5.41) is 3.81. The molecule has 0 aliphatic rings. The van der Waals surface area contributed by atoms with Gasteiger partial charge in [-0.05, 0) is 6.92 Å². The quantitative estimate of drug-likeness (QED) is 0.560. The minimum Gasteiger partial charge on any atom is -0.381 e. The SMILES string of the molecule is CCNS(=O)(=O)CCNS(=O)(=O)c1c(N)nn(C)c1C.